The molecular formula is C18H16N2O5S. The molecule has 0 aliphatic carbocycles. The minimum absolute atomic E-state index is 0.0181. The summed E-state index contributed by atoms with van der Waals surface area (Å²) in [5.41, 5.74) is 0.966. The molecule has 0 aliphatic heterocycles. The average Bonchev–Trinajstić information content (AvgIpc) is 3.06. The fourth-order valence-corrected chi connectivity index (χ4v) is 3.45. The van der Waals surface area contributed by atoms with E-state index in [1.165, 1.54) is 49.2 Å². The molecule has 8 heteroatoms. The number of esters is 1. The number of hydrogen-bond donors (Lipinski definition) is 1. The molecular weight excluding hydrogens is 356 g/mol. The minimum atomic E-state index is -3.68. The van der Waals surface area contributed by atoms with Gasteiger partial charge >= 0.3 is 5.97 Å². The van der Waals surface area contributed by atoms with Gasteiger partial charge in [0, 0.05) is 17.1 Å². The molecule has 134 valence electrons. The molecule has 0 unspecified atom stereocenters. The first-order valence-electron chi connectivity index (χ1n) is 7.66. The molecule has 0 saturated heterocycles. The van der Waals surface area contributed by atoms with Crippen LogP contribution in [0.2, 0.25) is 0 Å². The van der Waals surface area contributed by atoms with Gasteiger partial charge in [-0.3, -0.25) is 9.36 Å². The van der Waals surface area contributed by atoms with Crippen LogP contribution in [0.4, 0.5) is 0 Å². The molecule has 0 radical (unpaired) electrons. The van der Waals surface area contributed by atoms with Crippen molar-refractivity contribution in [1.29, 1.82) is 0 Å². The number of aromatic nitrogens is 1. The van der Waals surface area contributed by atoms with E-state index >= 15 is 0 Å². The molecule has 7 nitrogen and oxygen atoms in total. The van der Waals surface area contributed by atoms with Crippen LogP contribution in [-0.4, -0.2) is 39.0 Å². The van der Waals surface area contributed by atoms with Gasteiger partial charge in [-0.1, -0.05) is 24.3 Å². The van der Waals surface area contributed by atoms with Gasteiger partial charge in [0.1, 0.15) is 0 Å². The van der Waals surface area contributed by atoms with Crippen LogP contribution < -0.4 is 4.72 Å². The molecule has 26 heavy (non-hydrogen) atoms. The fourth-order valence-electron chi connectivity index (χ4n) is 2.67. The van der Waals surface area contributed by atoms with Crippen LogP contribution in [-0.2, 0) is 14.8 Å². The first kappa shape index (κ1) is 17.8. The SMILES string of the molecule is CNS(=O)(=O)c1cccc(C(=O)n2cc(C(=O)OC)c3ccccc32)c1. The van der Waals surface area contributed by atoms with Gasteiger partial charge in [0.05, 0.1) is 23.1 Å². The molecule has 0 atom stereocenters. The number of sulfonamides is 1. The molecule has 0 spiro atoms. The van der Waals surface area contributed by atoms with E-state index in [1.807, 2.05) is 0 Å². The van der Waals surface area contributed by atoms with Crippen LogP contribution in [0.15, 0.2) is 59.6 Å². The topological polar surface area (TPSA) is 94.5 Å². The molecule has 1 N–H and O–H groups in total. The van der Waals surface area contributed by atoms with Gasteiger partial charge < -0.3 is 4.74 Å². The molecule has 0 aliphatic rings. The Balaban J connectivity index is 2.15. The summed E-state index contributed by atoms with van der Waals surface area (Å²) in [6.45, 7) is 0. The maximum Gasteiger partial charge on any atom is 0.340 e. The molecule has 1 heterocycles. The number of ether oxygens (including phenoxy) is 1. The van der Waals surface area contributed by atoms with Crippen molar-refractivity contribution in [2.45, 2.75) is 4.90 Å². The summed E-state index contributed by atoms with van der Waals surface area (Å²) in [5.74, 6) is -1.01. The third-order valence-corrected chi connectivity index (χ3v) is 5.41. The number of benzene rings is 2. The van der Waals surface area contributed by atoms with Gasteiger partial charge in [-0.2, -0.15) is 0 Å². The van der Waals surface area contributed by atoms with Crippen molar-refractivity contribution in [2.75, 3.05) is 14.2 Å². The lowest BCUT2D eigenvalue weighted by Gasteiger charge is -2.07. The van der Waals surface area contributed by atoms with E-state index in [0.717, 1.165) is 0 Å². The predicted molar refractivity (Wildman–Crippen MR) is 95.7 cm³/mol. The Labute approximate surface area is 150 Å². The first-order chi connectivity index (χ1) is 12.4. The fraction of sp³-hybridized carbons (Fsp3) is 0.111. The van der Waals surface area contributed by atoms with Gasteiger partial charge in [0.2, 0.25) is 10.0 Å². The van der Waals surface area contributed by atoms with E-state index in [-0.39, 0.29) is 16.0 Å². The van der Waals surface area contributed by atoms with Crippen molar-refractivity contribution in [3.8, 4) is 0 Å². The molecule has 0 saturated carbocycles. The highest BCUT2D eigenvalue weighted by Gasteiger charge is 2.20. The van der Waals surface area contributed by atoms with E-state index in [2.05, 4.69) is 4.72 Å². The lowest BCUT2D eigenvalue weighted by atomic mass is 10.2. The van der Waals surface area contributed by atoms with Gasteiger partial charge in [0.15, 0.2) is 0 Å². The standard InChI is InChI=1S/C18H16N2O5S/c1-19-26(23,24)13-7-5-6-12(10-13)17(21)20-11-15(18(22)25-2)14-8-3-4-9-16(14)20/h3-11,19H,1-2H3. The number of nitrogens with one attached hydrogen (secondary N) is 1. The number of nitrogens with zero attached hydrogens (tertiary/aromatic N) is 1. The van der Waals surface area contributed by atoms with Crippen LogP contribution in [0.1, 0.15) is 20.7 Å². The third-order valence-electron chi connectivity index (χ3n) is 4.00. The first-order valence-corrected chi connectivity index (χ1v) is 9.14. The van der Waals surface area contributed by atoms with Crippen molar-refractivity contribution in [1.82, 2.24) is 9.29 Å². The van der Waals surface area contributed by atoms with Crippen molar-refractivity contribution < 1.29 is 22.7 Å². The van der Waals surface area contributed by atoms with Crippen LogP contribution in [0, 0.1) is 0 Å². The van der Waals surface area contributed by atoms with Crippen molar-refractivity contribution in [3.63, 3.8) is 0 Å². The zero-order chi connectivity index (χ0) is 18.9. The Kier molecular flexibility index (Phi) is 4.62. The second kappa shape index (κ2) is 6.74. The Hall–Kier alpha value is -2.97. The number of rotatable bonds is 4. The maximum atomic E-state index is 12.9. The maximum absolute atomic E-state index is 12.9. The zero-order valence-electron chi connectivity index (χ0n) is 14.1. The smallest absolute Gasteiger partial charge is 0.340 e. The molecule has 3 rings (SSSR count). The highest BCUT2D eigenvalue weighted by Crippen LogP contribution is 2.23. The highest BCUT2D eigenvalue weighted by molar-refractivity contribution is 7.89. The molecule has 0 fully saturated rings. The summed E-state index contributed by atoms with van der Waals surface area (Å²) in [6.07, 6.45) is 1.40. The average molecular weight is 372 g/mol. The van der Waals surface area contributed by atoms with Crippen molar-refractivity contribution in [3.05, 3.63) is 65.9 Å². The van der Waals surface area contributed by atoms with E-state index in [9.17, 15) is 18.0 Å². The number of carbonyl (C=O) groups excluding carboxylic acids is 2. The monoisotopic (exact) mass is 372 g/mol. The summed E-state index contributed by atoms with van der Waals surface area (Å²) in [7, 11) is -1.11. The van der Waals surface area contributed by atoms with Gasteiger partial charge in [-0.15, -0.1) is 0 Å². The molecule has 0 bridgehead atoms. The van der Waals surface area contributed by atoms with Crippen molar-refractivity contribution in [2.24, 2.45) is 0 Å². The quantitative estimate of drug-likeness (QED) is 0.707. The van der Waals surface area contributed by atoms with Crippen LogP contribution in [0.25, 0.3) is 10.9 Å². The van der Waals surface area contributed by atoms with Crippen LogP contribution in [0.5, 0.6) is 0 Å². The Morgan fingerprint density at radius 1 is 1.08 bits per heavy atom. The predicted octanol–water partition coefficient (Wildman–Crippen LogP) is 2.02. The summed E-state index contributed by atoms with van der Waals surface area (Å²) in [5, 5.41) is 0.576. The zero-order valence-corrected chi connectivity index (χ0v) is 14.9. The van der Waals surface area contributed by atoms with Crippen LogP contribution in [0.3, 0.4) is 0 Å². The van der Waals surface area contributed by atoms with Gasteiger partial charge in [-0.25, -0.2) is 17.9 Å². The Bertz CT molecular complexity index is 1120. The lowest BCUT2D eigenvalue weighted by Crippen LogP contribution is -2.19. The van der Waals surface area contributed by atoms with E-state index in [4.69, 9.17) is 4.74 Å². The molecule has 1 aromatic heterocycles. The largest absolute Gasteiger partial charge is 0.465 e. The third kappa shape index (κ3) is 3.00. The molecule has 2 aromatic carbocycles. The lowest BCUT2D eigenvalue weighted by molar-refractivity contribution is 0.0603. The second-order valence-corrected chi connectivity index (χ2v) is 7.35. The number of hydrogen-bond acceptors (Lipinski definition) is 5. The van der Waals surface area contributed by atoms with Gasteiger partial charge in [0.25, 0.3) is 5.91 Å². The number of methoxy groups -OCH3 is 1. The normalized spacial score (nSPS) is 11.5. The molecule has 0 amide bonds. The Morgan fingerprint density at radius 2 is 1.81 bits per heavy atom. The summed E-state index contributed by atoms with van der Waals surface area (Å²) >= 11 is 0. The Morgan fingerprint density at radius 3 is 2.50 bits per heavy atom. The highest BCUT2D eigenvalue weighted by atomic mass is 32.2. The summed E-state index contributed by atoms with van der Waals surface area (Å²) in [4.78, 5) is 24.9. The second-order valence-electron chi connectivity index (χ2n) is 5.46. The van der Waals surface area contributed by atoms with E-state index in [0.29, 0.717) is 10.9 Å². The number of carbonyl (C=O) groups is 2. The van der Waals surface area contributed by atoms with Gasteiger partial charge in [-0.05, 0) is 31.3 Å². The van der Waals surface area contributed by atoms with Crippen LogP contribution >= 0.6 is 0 Å². The van der Waals surface area contributed by atoms with Crippen molar-refractivity contribution >= 4 is 32.8 Å². The van der Waals surface area contributed by atoms with E-state index < -0.39 is 21.9 Å². The summed E-state index contributed by atoms with van der Waals surface area (Å²) in [6, 6.07) is 12.6. The number of fused-ring (bicyclic) bond motifs is 1. The van der Waals surface area contributed by atoms with E-state index in [1.54, 1.807) is 24.3 Å². The molecule has 3 aromatic rings. The summed E-state index contributed by atoms with van der Waals surface area (Å²) < 4.78 is 32.2. The minimum Gasteiger partial charge on any atom is -0.465 e. The number of para-hydroxylation sites is 1.